The minimum Gasteiger partial charge on any atom is -0.368 e. The third-order valence-corrected chi connectivity index (χ3v) is 9.02. The largest absolute Gasteiger partial charge is 0.368 e. The van der Waals surface area contributed by atoms with Crippen LogP contribution < -0.4 is 16.4 Å². The fourth-order valence-electron chi connectivity index (χ4n) is 4.63. The number of nitrogens with one attached hydrogen (secondary N) is 2. The lowest BCUT2D eigenvalue weighted by atomic mass is 9.96. The van der Waals surface area contributed by atoms with Crippen LogP contribution in [0.2, 0.25) is 0 Å². The highest BCUT2D eigenvalue weighted by Gasteiger charge is 2.44. The van der Waals surface area contributed by atoms with Crippen molar-refractivity contribution >= 4 is 54.6 Å². The molecule has 1 fully saturated rings. The molecule has 4 atom stereocenters. The molecule has 3 rings (SSSR count). The molecular formula is C25H33N4O7PS. The Labute approximate surface area is 226 Å². The van der Waals surface area contributed by atoms with Crippen LogP contribution in [0.1, 0.15) is 31.2 Å². The van der Waals surface area contributed by atoms with Gasteiger partial charge in [-0.05, 0) is 35.6 Å². The van der Waals surface area contributed by atoms with Gasteiger partial charge in [0.25, 0.3) is 0 Å². The van der Waals surface area contributed by atoms with E-state index < -0.39 is 60.6 Å². The maximum absolute atomic E-state index is 13.5. The van der Waals surface area contributed by atoms with E-state index in [-0.39, 0.29) is 19.4 Å². The minimum atomic E-state index is -4.85. The van der Waals surface area contributed by atoms with Crippen molar-refractivity contribution in [1.29, 1.82) is 0 Å². The Hall–Kier alpha value is -2.92. The van der Waals surface area contributed by atoms with Crippen molar-refractivity contribution in [3.8, 4) is 0 Å². The third-order valence-electron chi connectivity index (χ3n) is 6.71. The van der Waals surface area contributed by atoms with Gasteiger partial charge in [0.2, 0.25) is 23.6 Å². The molecule has 2 aromatic rings. The van der Waals surface area contributed by atoms with Crippen molar-refractivity contribution in [1.82, 2.24) is 15.5 Å². The average Bonchev–Trinajstić information content (AvgIpc) is 2.89. The highest BCUT2D eigenvalue weighted by atomic mass is 32.1. The number of benzene rings is 2. The van der Waals surface area contributed by atoms with Crippen LogP contribution >= 0.6 is 20.2 Å². The molecule has 0 radical (unpaired) electrons. The molecular weight excluding hydrogens is 531 g/mol. The number of carbonyl (C=O) groups is 4. The zero-order valence-electron chi connectivity index (χ0n) is 20.9. The van der Waals surface area contributed by atoms with E-state index in [9.17, 15) is 33.5 Å². The fraction of sp³-hybridized carbons (Fsp3) is 0.440. The van der Waals surface area contributed by atoms with Crippen LogP contribution in [0, 0.1) is 5.92 Å². The lowest BCUT2D eigenvalue weighted by molar-refractivity contribution is -0.146. The number of nitrogens with two attached hydrogens (primary N) is 1. The number of fused-ring (bicyclic) bond motifs is 1. The Kier molecular flexibility index (Phi) is 9.94. The zero-order chi connectivity index (χ0) is 28.0. The SMILES string of the molecule is CNC(=O)CC(C(=O)N1CCCCC1C(=O)NC(Cc1ccc2ccccc2c1)C(N)=O)C(S)P(=O)(O)O. The van der Waals surface area contributed by atoms with Crippen LogP contribution in [0.5, 0.6) is 0 Å². The molecule has 2 aromatic carbocycles. The minimum absolute atomic E-state index is 0.142. The van der Waals surface area contributed by atoms with Gasteiger partial charge in [0, 0.05) is 26.4 Å². The highest BCUT2D eigenvalue weighted by Crippen LogP contribution is 2.48. The Bertz CT molecular complexity index is 1250. The second-order valence-corrected chi connectivity index (χ2v) is 12.1. The molecule has 13 heteroatoms. The summed E-state index contributed by atoms with van der Waals surface area (Å²) in [6, 6.07) is 11.3. The number of hydrogen-bond acceptors (Lipinski definition) is 6. The van der Waals surface area contributed by atoms with E-state index in [1.165, 1.54) is 11.9 Å². The van der Waals surface area contributed by atoms with Crippen LogP contribution in [-0.4, -0.2) is 69.0 Å². The standard InChI is InChI=1S/C25H33N4O7PS/c1-27-21(30)14-18(25(38)37(34,35)36)24(33)29-11-5-4-8-20(29)23(32)28-19(22(26)31)13-15-9-10-16-6-2-3-7-17(16)12-15/h2-3,6-7,9-10,12,18-20,25,38H,4-5,8,11,13-14H2,1H3,(H2,26,31)(H,27,30)(H,28,32)(H2,34,35,36). The third kappa shape index (κ3) is 7.35. The normalized spacial score (nSPS) is 18.3. The molecule has 0 aliphatic carbocycles. The van der Waals surface area contributed by atoms with Crippen molar-refractivity contribution in [2.24, 2.45) is 11.7 Å². The summed E-state index contributed by atoms with van der Waals surface area (Å²) in [7, 11) is -3.51. The Morgan fingerprint density at radius 3 is 2.45 bits per heavy atom. The lowest BCUT2D eigenvalue weighted by Gasteiger charge is -2.38. The first-order chi connectivity index (χ1) is 17.9. The topological polar surface area (TPSA) is 179 Å². The number of piperidine rings is 1. The van der Waals surface area contributed by atoms with Gasteiger partial charge in [0.15, 0.2) is 0 Å². The van der Waals surface area contributed by atoms with Crippen LogP contribution in [-0.2, 0) is 30.2 Å². The van der Waals surface area contributed by atoms with Gasteiger partial charge in [0.05, 0.1) is 5.92 Å². The van der Waals surface area contributed by atoms with E-state index in [1.807, 2.05) is 42.5 Å². The summed E-state index contributed by atoms with van der Waals surface area (Å²) in [6.45, 7) is 0.148. The van der Waals surface area contributed by atoms with Crippen LogP contribution in [0.25, 0.3) is 10.8 Å². The molecule has 0 saturated carbocycles. The zero-order valence-corrected chi connectivity index (χ0v) is 22.7. The Balaban J connectivity index is 1.80. The summed E-state index contributed by atoms with van der Waals surface area (Å²) in [6.07, 6.45) is 1.09. The molecule has 1 aliphatic heterocycles. The quantitative estimate of drug-likeness (QED) is 0.183. The summed E-state index contributed by atoms with van der Waals surface area (Å²) in [5, 5.41) is 6.99. The molecule has 0 spiro atoms. The predicted molar refractivity (Wildman–Crippen MR) is 145 cm³/mol. The van der Waals surface area contributed by atoms with E-state index in [0.717, 1.165) is 16.3 Å². The summed E-state index contributed by atoms with van der Waals surface area (Å²) in [4.78, 5) is 69.9. The fourth-order valence-corrected chi connectivity index (χ4v) is 5.56. The van der Waals surface area contributed by atoms with Crippen molar-refractivity contribution in [3.63, 3.8) is 0 Å². The summed E-state index contributed by atoms with van der Waals surface area (Å²) in [5.74, 6) is -4.17. The summed E-state index contributed by atoms with van der Waals surface area (Å²) < 4.78 is 11.9. The van der Waals surface area contributed by atoms with E-state index in [0.29, 0.717) is 12.8 Å². The number of carbonyl (C=O) groups excluding carboxylic acids is 4. The van der Waals surface area contributed by atoms with Gasteiger partial charge in [-0.3, -0.25) is 23.7 Å². The number of thiol groups is 1. The van der Waals surface area contributed by atoms with Crippen LogP contribution in [0.3, 0.4) is 0 Å². The molecule has 1 heterocycles. The molecule has 1 aliphatic rings. The van der Waals surface area contributed by atoms with Gasteiger partial charge in [0.1, 0.15) is 17.1 Å². The number of primary amides is 1. The van der Waals surface area contributed by atoms with Crippen molar-refractivity contribution in [3.05, 3.63) is 48.0 Å². The predicted octanol–water partition coefficient (Wildman–Crippen LogP) is 0.919. The molecule has 4 unspecified atom stereocenters. The molecule has 11 nitrogen and oxygen atoms in total. The molecule has 4 amide bonds. The molecule has 0 bridgehead atoms. The highest BCUT2D eigenvalue weighted by molar-refractivity contribution is 7.89. The number of amides is 4. The van der Waals surface area contributed by atoms with Crippen LogP contribution in [0.4, 0.5) is 0 Å². The molecule has 1 saturated heterocycles. The molecule has 6 N–H and O–H groups in total. The summed E-state index contributed by atoms with van der Waals surface area (Å²) in [5.41, 5.74) is 6.39. The van der Waals surface area contributed by atoms with Gasteiger partial charge in [-0.15, -0.1) is 0 Å². The van der Waals surface area contributed by atoms with E-state index in [1.54, 1.807) is 0 Å². The maximum Gasteiger partial charge on any atom is 0.338 e. The van der Waals surface area contributed by atoms with Gasteiger partial charge in [-0.1, -0.05) is 42.5 Å². The van der Waals surface area contributed by atoms with Crippen molar-refractivity contribution in [2.75, 3.05) is 13.6 Å². The smallest absolute Gasteiger partial charge is 0.338 e. The maximum atomic E-state index is 13.5. The van der Waals surface area contributed by atoms with E-state index >= 15 is 0 Å². The second-order valence-electron chi connectivity index (χ2n) is 9.38. The van der Waals surface area contributed by atoms with Crippen LogP contribution in [0.15, 0.2) is 42.5 Å². The Morgan fingerprint density at radius 1 is 1.13 bits per heavy atom. The first-order valence-corrected chi connectivity index (χ1v) is 14.4. The monoisotopic (exact) mass is 564 g/mol. The molecule has 206 valence electrons. The van der Waals surface area contributed by atoms with E-state index in [2.05, 4.69) is 23.3 Å². The first-order valence-electron chi connectivity index (χ1n) is 12.2. The first kappa shape index (κ1) is 29.6. The molecule has 0 aromatic heterocycles. The average molecular weight is 565 g/mol. The number of hydrogen-bond donors (Lipinski definition) is 6. The van der Waals surface area contributed by atoms with E-state index in [4.69, 9.17) is 5.73 Å². The van der Waals surface area contributed by atoms with Gasteiger partial charge in [-0.2, -0.15) is 12.6 Å². The van der Waals surface area contributed by atoms with Crippen molar-refractivity contribution < 1.29 is 33.5 Å². The summed E-state index contributed by atoms with van der Waals surface area (Å²) >= 11 is 3.97. The Morgan fingerprint density at radius 2 is 1.82 bits per heavy atom. The molecule has 38 heavy (non-hydrogen) atoms. The number of likely N-dealkylation sites (tertiary alicyclic amines) is 1. The van der Waals surface area contributed by atoms with Gasteiger partial charge >= 0.3 is 7.60 Å². The number of rotatable bonds is 10. The van der Waals surface area contributed by atoms with Gasteiger partial charge < -0.3 is 31.1 Å². The van der Waals surface area contributed by atoms with Gasteiger partial charge in [-0.25, -0.2) is 0 Å². The lowest BCUT2D eigenvalue weighted by Crippen LogP contribution is -2.57. The second kappa shape index (κ2) is 12.8. The van der Waals surface area contributed by atoms with Crippen molar-refractivity contribution in [2.45, 2.75) is 49.2 Å². The number of nitrogens with zero attached hydrogens (tertiary/aromatic N) is 1.